The van der Waals surface area contributed by atoms with Gasteiger partial charge in [-0.1, -0.05) is 6.07 Å². The van der Waals surface area contributed by atoms with Crippen LogP contribution in [0, 0.1) is 0 Å². The van der Waals surface area contributed by atoms with E-state index in [-0.39, 0.29) is 11.7 Å². The summed E-state index contributed by atoms with van der Waals surface area (Å²) in [4.78, 5) is 15.0. The normalized spacial score (nSPS) is 17.9. The number of rotatable bonds is 4. The topological polar surface area (TPSA) is 99.6 Å². The third-order valence-corrected chi connectivity index (χ3v) is 6.48. The van der Waals surface area contributed by atoms with Crippen molar-refractivity contribution in [2.45, 2.75) is 44.4 Å². The van der Waals surface area contributed by atoms with Gasteiger partial charge in [0, 0.05) is 19.1 Å². The molecule has 2 rings (SSSR count). The standard InChI is InChI=1S/C15H23N3O4S/c1-15(2,3)23(21,22)18-9-7-11(8-10-18)16-13-6-4-5-12(17-13)14(19)20/h4-6,11H,7-10H2,1-3H3,(H,16,17)(H,19,20). The van der Waals surface area contributed by atoms with E-state index in [0.717, 1.165) is 0 Å². The van der Waals surface area contributed by atoms with Crippen LogP contribution in [0.25, 0.3) is 0 Å². The number of hydrogen-bond donors (Lipinski definition) is 2. The van der Waals surface area contributed by atoms with Crippen LogP contribution >= 0.6 is 0 Å². The maximum atomic E-state index is 12.4. The molecule has 128 valence electrons. The summed E-state index contributed by atoms with van der Waals surface area (Å²) >= 11 is 0. The number of nitrogens with zero attached hydrogens (tertiary/aromatic N) is 2. The van der Waals surface area contributed by atoms with Gasteiger partial charge < -0.3 is 10.4 Å². The zero-order valence-corrected chi connectivity index (χ0v) is 14.4. The van der Waals surface area contributed by atoms with E-state index in [2.05, 4.69) is 10.3 Å². The van der Waals surface area contributed by atoms with Crippen molar-refractivity contribution in [2.24, 2.45) is 0 Å². The Morgan fingerprint density at radius 2 is 1.91 bits per heavy atom. The first-order chi connectivity index (χ1) is 10.6. The second-order valence-corrected chi connectivity index (χ2v) is 9.34. The van der Waals surface area contributed by atoms with Crippen molar-refractivity contribution in [3.63, 3.8) is 0 Å². The lowest BCUT2D eigenvalue weighted by atomic mass is 10.1. The fourth-order valence-corrected chi connectivity index (χ4v) is 3.94. The summed E-state index contributed by atoms with van der Waals surface area (Å²) in [5.41, 5.74) is -0.0113. The predicted molar refractivity (Wildman–Crippen MR) is 88.1 cm³/mol. The second-order valence-electron chi connectivity index (χ2n) is 6.65. The molecule has 0 spiro atoms. The summed E-state index contributed by atoms with van der Waals surface area (Å²) in [6.07, 6.45) is 1.32. The van der Waals surface area contributed by atoms with Crippen LogP contribution in [-0.4, -0.2) is 52.7 Å². The molecule has 0 unspecified atom stereocenters. The maximum absolute atomic E-state index is 12.4. The van der Waals surface area contributed by atoms with Crippen LogP contribution in [0.3, 0.4) is 0 Å². The number of carboxylic acid groups (broad SMARTS) is 1. The van der Waals surface area contributed by atoms with Crippen molar-refractivity contribution in [2.75, 3.05) is 18.4 Å². The molecule has 1 aromatic heterocycles. The summed E-state index contributed by atoms with van der Waals surface area (Å²) in [5, 5.41) is 12.1. The summed E-state index contributed by atoms with van der Waals surface area (Å²) in [5.74, 6) is -0.568. The van der Waals surface area contributed by atoms with Crippen LogP contribution in [0.5, 0.6) is 0 Å². The fourth-order valence-electron chi connectivity index (χ4n) is 2.47. The van der Waals surface area contributed by atoms with Crippen LogP contribution < -0.4 is 5.32 Å². The molecule has 1 aliphatic heterocycles. The number of nitrogens with one attached hydrogen (secondary N) is 1. The van der Waals surface area contributed by atoms with Crippen molar-refractivity contribution in [3.8, 4) is 0 Å². The van der Waals surface area contributed by atoms with Gasteiger partial charge in [-0.2, -0.15) is 0 Å². The number of hydrogen-bond acceptors (Lipinski definition) is 5. The van der Waals surface area contributed by atoms with Gasteiger partial charge in [0.15, 0.2) is 5.69 Å². The molecule has 0 amide bonds. The predicted octanol–water partition coefficient (Wildman–Crippen LogP) is 1.78. The third-order valence-electron chi connectivity index (χ3n) is 3.89. The van der Waals surface area contributed by atoms with E-state index in [4.69, 9.17) is 5.11 Å². The van der Waals surface area contributed by atoms with Crippen molar-refractivity contribution in [1.82, 2.24) is 9.29 Å². The van der Waals surface area contributed by atoms with E-state index < -0.39 is 20.7 Å². The average Bonchev–Trinajstić information content (AvgIpc) is 2.47. The van der Waals surface area contributed by atoms with Gasteiger partial charge in [0.2, 0.25) is 10.0 Å². The molecule has 2 heterocycles. The largest absolute Gasteiger partial charge is 0.477 e. The van der Waals surface area contributed by atoms with E-state index in [1.807, 2.05) is 0 Å². The van der Waals surface area contributed by atoms with Gasteiger partial charge in [-0.05, 0) is 45.7 Å². The van der Waals surface area contributed by atoms with Gasteiger partial charge in [-0.3, -0.25) is 0 Å². The molecule has 8 heteroatoms. The average molecular weight is 341 g/mol. The van der Waals surface area contributed by atoms with Gasteiger partial charge in [0.05, 0.1) is 4.75 Å². The van der Waals surface area contributed by atoms with Gasteiger partial charge in [0.1, 0.15) is 5.82 Å². The molecule has 1 aromatic rings. The first-order valence-corrected chi connectivity index (χ1v) is 9.02. The molecule has 0 atom stereocenters. The number of aromatic carboxylic acids is 1. The van der Waals surface area contributed by atoms with E-state index in [0.29, 0.717) is 31.7 Å². The van der Waals surface area contributed by atoms with Gasteiger partial charge >= 0.3 is 5.97 Å². The SMILES string of the molecule is CC(C)(C)S(=O)(=O)N1CCC(Nc2cccc(C(=O)O)n2)CC1. The second kappa shape index (κ2) is 6.45. The lowest BCUT2D eigenvalue weighted by Crippen LogP contribution is -2.48. The molecule has 2 N–H and O–H groups in total. The van der Waals surface area contributed by atoms with Crippen LogP contribution in [0.1, 0.15) is 44.1 Å². The van der Waals surface area contributed by atoms with E-state index >= 15 is 0 Å². The molecule has 1 aliphatic rings. The highest BCUT2D eigenvalue weighted by atomic mass is 32.2. The van der Waals surface area contributed by atoms with Crippen molar-refractivity contribution >= 4 is 21.8 Å². The molecule has 0 saturated carbocycles. The molecule has 0 radical (unpaired) electrons. The molecule has 23 heavy (non-hydrogen) atoms. The highest BCUT2D eigenvalue weighted by molar-refractivity contribution is 7.90. The van der Waals surface area contributed by atoms with Crippen LogP contribution in [0.4, 0.5) is 5.82 Å². The van der Waals surface area contributed by atoms with Crippen molar-refractivity contribution in [1.29, 1.82) is 0 Å². The Morgan fingerprint density at radius 3 is 2.43 bits per heavy atom. The molecule has 0 bridgehead atoms. The number of pyridine rings is 1. The Labute approximate surface area is 136 Å². The van der Waals surface area contributed by atoms with Gasteiger partial charge in [-0.15, -0.1) is 0 Å². The number of anilines is 1. The first kappa shape index (κ1) is 17.7. The zero-order valence-electron chi connectivity index (χ0n) is 13.6. The number of aromatic nitrogens is 1. The monoisotopic (exact) mass is 341 g/mol. The number of carboxylic acids is 1. The third kappa shape index (κ3) is 4.00. The Bertz CT molecular complexity index is 674. The zero-order chi connectivity index (χ0) is 17.3. The smallest absolute Gasteiger partial charge is 0.354 e. The fraction of sp³-hybridized carbons (Fsp3) is 0.600. The molecule has 1 saturated heterocycles. The highest BCUT2D eigenvalue weighted by Crippen LogP contribution is 2.25. The van der Waals surface area contributed by atoms with Crippen LogP contribution in [-0.2, 0) is 10.0 Å². The Kier molecular flexibility index (Phi) is 4.95. The van der Waals surface area contributed by atoms with Crippen LogP contribution in [0.2, 0.25) is 0 Å². The summed E-state index contributed by atoms with van der Waals surface area (Å²) in [6.45, 7) is 6.02. The minimum Gasteiger partial charge on any atom is -0.477 e. The van der Waals surface area contributed by atoms with Crippen molar-refractivity contribution < 1.29 is 18.3 Å². The summed E-state index contributed by atoms with van der Waals surface area (Å²) in [6, 6.07) is 4.87. The van der Waals surface area contributed by atoms with Crippen molar-refractivity contribution in [3.05, 3.63) is 23.9 Å². The molecule has 1 fully saturated rings. The number of carbonyl (C=O) groups is 1. The summed E-state index contributed by atoms with van der Waals surface area (Å²) < 4.78 is 25.6. The lowest BCUT2D eigenvalue weighted by Gasteiger charge is -2.35. The van der Waals surface area contributed by atoms with Gasteiger partial charge in [-0.25, -0.2) is 22.5 Å². The molecule has 0 aromatic carbocycles. The highest BCUT2D eigenvalue weighted by Gasteiger charge is 2.37. The van der Waals surface area contributed by atoms with E-state index in [1.54, 1.807) is 32.9 Å². The molecular formula is C15H23N3O4S. The van der Waals surface area contributed by atoms with Gasteiger partial charge in [0.25, 0.3) is 0 Å². The minimum absolute atomic E-state index is 0.0113. The Balaban J connectivity index is 1.98. The maximum Gasteiger partial charge on any atom is 0.354 e. The number of piperidine rings is 1. The summed E-state index contributed by atoms with van der Waals surface area (Å²) in [7, 11) is -3.30. The van der Waals surface area contributed by atoms with E-state index in [9.17, 15) is 13.2 Å². The lowest BCUT2D eigenvalue weighted by molar-refractivity contribution is 0.0690. The first-order valence-electron chi connectivity index (χ1n) is 7.58. The quantitative estimate of drug-likeness (QED) is 0.866. The number of sulfonamides is 1. The van der Waals surface area contributed by atoms with E-state index in [1.165, 1.54) is 10.4 Å². The Hall–Kier alpha value is -1.67. The molecule has 7 nitrogen and oxygen atoms in total. The minimum atomic E-state index is -3.30. The molecular weight excluding hydrogens is 318 g/mol. The Morgan fingerprint density at radius 1 is 1.30 bits per heavy atom. The molecule has 0 aliphatic carbocycles. The van der Waals surface area contributed by atoms with Crippen LogP contribution in [0.15, 0.2) is 18.2 Å².